The lowest BCUT2D eigenvalue weighted by Gasteiger charge is -2.24. The Balaban J connectivity index is 2.81. The van der Waals surface area contributed by atoms with Gasteiger partial charge >= 0.3 is 0 Å². The lowest BCUT2D eigenvalue weighted by atomic mass is 10.0. The summed E-state index contributed by atoms with van der Waals surface area (Å²) in [5.41, 5.74) is 1.91. The molecule has 0 saturated carbocycles. The van der Waals surface area contributed by atoms with Crippen LogP contribution >= 0.6 is 0 Å². The van der Waals surface area contributed by atoms with E-state index in [0.717, 1.165) is 11.3 Å². The largest absolute Gasteiger partial charge is 0.380 e. The van der Waals surface area contributed by atoms with Crippen LogP contribution in [0.1, 0.15) is 26.3 Å². The molecule has 106 valence electrons. The fourth-order valence-electron chi connectivity index (χ4n) is 1.77. The predicted octanol–water partition coefficient (Wildman–Crippen LogP) is 3.38. The standard InChI is InChI=1S/C14H22N2O3/c1-5-19-9-14(10(2)3)15-13-7-6-12(16(17)18)8-11(13)4/h6-8,10,14-15H,5,9H2,1-4H3. The Morgan fingerprint density at radius 2 is 2.11 bits per heavy atom. The molecule has 1 N–H and O–H groups in total. The molecule has 5 heteroatoms. The number of non-ortho nitro benzene ring substituents is 1. The van der Waals surface area contributed by atoms with E-state index in [2.05, 4.69) is 19.2 Å². The van der Waals surface area contributed by atoms with Crippen molar-refractivity contribution in [3.8, 4) is 0 Å². The number of nitrogens with one attached hydrogen (secondary N) is 1. The highest BCUT2D eigenvalue weighted by Crippen LogP contribution is 2.23. The quantitative estimate of drug-likeness (QED) is 0.607. The van der Waals surface area contributed by atoms with Crippen LogP contribution < -0.4 is 5.32 Å². The number of hydrogen-bond donors (Lipinski definition) is 1. The van der Waals surface area contributed by atoms with Crippen LogP contribution in [0.2, 0.25) is 0 Å². The summed E-state index contributed by atoms with van der Waals surface area (Å²) in [4.78, 5) is 10.3. The molecule has 0 aliphatic rings. The summed E-state index contributed by atoms with van der Waals surface area (Å²) in [6.45, 7) is 9.39. The van der Waals surface area contributed by atoms with Crippen molar-refractivity contribution < 1.29 is 9.66 Å². The van der Waals surface area contributed by atoms with Gasteiger partial charge in [0.05, 0.1) is 17.6 Å². The van der Waals surface area contributed by atoms with Crippen LogP contribution in [0.15, 0.2) is 18.2 Å². The van der Waals surface area contributed by atoms with Crippen LogP contribution in [0.25, 0.3) is 0 Å². The van der Waals surface area contributed by atoms with Crippen LogP contribution in [-0.4, -0.2) is 24.2 Å². The number of aryl methyl sites for hydroxylation is 1. The lowest BCUT2D eigenvalue weighted by molar-refractivity contribution is -0.384. The fourth-order valence-corrected chi connectivity index (χ4v) is 1.77. The molecule has 1 unspecified atom stereocenters. The van der Waals surface area contributed by atoms with Crippen LogP contribution in [0, 0.1) is 23.0 Å². The highest BCUT2D eigenvalue weighted by Gasteiger charge is 2.15. The third-order valence-corrected chi connectivity index (χ3v) is 3.07. The first-order valence-electron chi connectivity index (χ1n) is 6.55. The van der Waals surface area contributed by atoms with Crippen molar-refractivity contribution in [3.05, 3.63) is 33.9 Å². The molecule has 1 aromatic carbocycles. The van der Waals surface area contributed by atoms with Crippen LogP contribution in [0.3, 0.4) is 0 Å². The Morgan fingerprint density at radius 3 is 2.58 bits per heavy atom. The molecule has 0 aliphatic carbocycles. The topological polar surface area (TPSA) is 64.4 Å². The minimum Gasteiger partial charge on any atom is -0.380 e. The van der Waals surface area contributed by atoms with Gasteiger partial charge in [0.15, 0.2) is 0 Å². The van der Waals surface area contributed by atoms with Gasteiger partial charge in [0, 0.05) is 24.4 Å². The predicted molar refractivity (Wildman–Crippen MR) is 76.6 cm³/mol. The molecule has 5 nitrogen and oxygen atoms in total. The SMILES string of the molecule is CCOCC(Nc1ccc([N+](=O)[O-])cc1C)C(C)C. The molecule has 0 heterocycles. The van der Waals surface area contributed by atoms with Crippen molar-refractivity contribution in [1.29, 1.82) is 0 Å². The van der Waals surface area contributed by atoms with Gasteiger partial charge in [-0.1, -0.05) is 13.8 Å². The van der Waals surface area contributed by atoms with Gasteiger partial charge in [-0.25, -0.2) is 0 Å². The summed E-state index contributed by atoms with van der Waals surface area (Å²) in [6.07, 6.45) is 0. The van der Waals surface area contributed by atoms with Crippen LogP contribution in [0.5, 0.6) is 0 Å². The van der Waals surface area contributed by atoms with Crippen LogP contribution in [0.4, 0.5) is 11.4 Å². The monoisotopic (exact) mass is 266 g/mol. The first kappa shape index (κ1) is 15.4. The maximum Gasteiger partial charge on any atom is 0.269 e. The number of nitro benzene ring substituents is 1. The van der Waals surface area contributed by atoms with E-state index in [-0.39, 0.29) is 16.7 Å². The summed E-state index contributed by atoms with van der Waals surface area (Å²) in [5.74, 6) is 0.418. The van der Waals surface area contributed by atoms with E-state index in [1.807, 2.05) is 13.8 Å². The van der Waals surface area contributed by atoms with Crippen molar-refractivity contribution in [3.63, 3.8) is 0 Å². The summed E-state index contributed by atoms with van der Waals surface area (Å²) in [5, 5.41) is 14.1. The molecule has 0 amide bonds. The number of nitro groups is 1. The lowest BCUT2D eigenvalue weighted by Crippen LogP contribution is -2.31. The van der Waals surface area contributed by atoms with E-state index in [9.17, 15) is 10.1 Å². The Kier molecular flexibility index (Phi) is 5.76. The zero-order valence-electron chi connectivity index (χ0n) is 12.0. The summed E-state index contributed by atoms with van der Waals surface area (Å²) in [7, 11) is 0. The maximum atomic E-state index is 10.7. The second kappa shape index (κ2) is 7.09. The second-order valence-corrected chi connectivity index (χ2v) is 4.91. The summed E-state index contributed by atoms with van der Waals surface area (Å²) in [6, 6.07) is 5.06. The van der Waals surface area contributed by atoms with E-state index in [4.69, 9.17) is 4.74 Å². The summed E-state index contributed by atoms with van der Waals surface area (Å²) >= 11 is 0. The van der Waals surface area contributed by atoms with Crippen molar-refractivity contribution in [1.82, 2.24) is 0 Å². The zero-order chi connectivity index (χ0) is 14.4. The van der Waals surface area contributed by atoms with E-state index < -0.39 is 0 Å². The normalized spacial score (nSPS) is 12.5. The van der Waals surface area contributed by atoms with Crippen molar-refractivity contribution >= 4 is 11.4 Å². The Labute approximate surface area is 114 Å². The minimum absolute atomic E-state index is 0.119. The van der Waals surface area contributed by atoms with E-state index in [0.29, 0.717) is 19.1 Å². The van der Waals surface area contributed by atoms with Crippen molar-refractivity contribution in [2.24, 2.45) is 5.92 Å². The van der Waals surface area contributed by atoms with E-state index >= 15 is 0 Å². The van der Waals surface area contributed by atoms with Gasteiger partial charge in [-0.3, -0.25) is 10.1 Å². The van der Waals surface area contributed by atoms with Gasteiger partial charge in [-0.2, -0.15) is 0 Å². The second-order valence-electron chi connectivity index (χ2n) is 4.91. The third-order valence-electron chi connectivity index (χ3n) is 3.07. The molecule has 0 bridgehead atoms. The molecule has 0 saturated heterocycles. The number of hydrogen-bond acceptors (Lipinski definition) is 4. The molecular formula is C14H22N2O3. The molecule has 0 aromatic heterocycles. The number of ether oxygens (including phenoxy) is 1. The third kappa shape index (κ3) is 4.52. The highest BCUT2D eigenvalue weighted by molar-refractivity contribution is 5.56. The number of rotatable bonds is 7. The first-order valence-corrected chi connectivity index (χ1v) is 6.55. The zero-order valence-corrected chi connectivity index (χ0v) is 12.0. The molecule has 0 aliphatic heterocycles. The van der Waals surface area contributed by atoms with Gasteiger partial charge in [0.1, 0.15) is 0 Å². The number of benzene rings is 1. The van der Waals surface area contributed by atoms with Gasteiger partial charge in [0.25, 0.3) is 5.69 Å². The van der Waals surface area contributed by atoms with Gasteiger partial charge in [0.2, 0.25) is 0 Å². The van der Waals surface area contributed by atoms with Gasteiger partial charge < -0.3 is 10.1 Å². The number of anilines is 1. The Morgan fingerprint density at radius 1 is 1.42 bits per heavy atom. The molecule has 0 fully saturated rings. The van der Waals surface area contributed by atoms with Crippen molar-refractivity contribution in [2.75, 3.05) is 18.5 Å². The van der Waals surface area contributed by atoms with Crippen LogP contribution in [-0.2, 0) is 4.74 Å². The van der Waals surface area contributed by atoms with Gasteiger partial charge in [-0.15, -0.1) is 0 Å². The molecule has 0 radical (unpaired) electrons. The smallest absolute Gasteiger partial charge is 0.269 e. The maximum absolute atomic E-state index is 10.7. The van der Waals surface area contributed by atoms with Crippen molar-refractivity contribution in [2.45, 2.75) is 33.7 Å². The Bertz CT molecular complexity index is 433. The average molecular weight is 266 g/mol. The molecule has 1 rings (SSSR count). The molecule has 1 aromatic rings. The summed E-state index contributed by atoms with van der Waals surface area (Å²) < 4.78 is 5.46. The first-order chi connectivity index (χ1) is 8.95. The van der Waals surface area contributed by atoms with E-state index in [1.54, 1.807) is 12.1 Å². The highest BCUT2D eigenvalue weighted by atomic mass is 16.6. The molecule has 19 heavy (non-hydrogen) atoms. The Hall–Kier alpha value is -1.62. The minimum atomic E-state index is -0.378. The fraction of sp³-hybridized carbons (Fsp3) is 0.571. The van der Waals surface area contributed by atoms with Gasteiger partial charge in [-0.05, 0) is 31.4 Å². The number of nitrogens with zero attached hydrogens (tertiary/aromatic N) is 1. The molecular weight excluding hydrogens is 244 g/mol. The molecule has 0 spiro atoms. The average Bonchev–Trinajstić information content (AvgIpc) is 2.35. The molecule has 1 atom stereocenters. The van der Waals surface area contributed by atoms with E-state index in [1.165, 1.54) is 6.07 Å².